The zero-order chi connectivity index (χ0) is 13.8. The number of hydrogen-bond donors (Lipinski definition) is 1. The van der Waals surface area contributed by atoms with Gasteiger partial charge in [-0.05, 0) is 52.3 Å². The first-order chi connectivity index (χ1) is 9.15. The minimum atomic E-state index is -0.0255. The average Bonchev–Trinajstić information content (AvgIpc) is 2.83. The van der Waals surface area contributed by atoms with E-state index in [0.717, 1.165) is 17.9 Å². The lowest BCUT2D eigenvalue weighted by atomic mass is 10.0. The van der Waals surface area contributed by atoms with Gasteiger partial charge in [-0.1, -0.05) is 24.6 Å². The highest BCUT2D eigenvalue weighted by molar-refractivity contribution is 9.10. The third-order valence-corrected chi connectivity index (χ3v) is 3.53. The largest absolute Gasteiger partial charge is 0.495 e. The second kappa shape index (κ2) is 6.46. The molecule has 1 aromatic heterocycles. The molecule has 0 aliphatic carbocycles. The van der Waals surface area contributed by atoms with E-state index in [9.17, 15) is 0 Å². The van der Waals surface area contributed by atoms with Gasteiger partial charge in [-0.2, -0.15) is 0 Å². The molecule has 0 saturated carbocycles. The van der Waals surface area contributed by atoms with Crippen LogP contribution < -0.4 is 10.1 Å². The second-order valence-electron chi connectivity index (χ2n) is 4.03. The van der Waals surface area contributed by atoms with Crippen LogP contribution in [0.2, 0.25) is 5.02 Å². The van der Waals surface area contributed by atoms with Crippen molar-refractivity contribution in [2.24, 2.45) is 0 Å². The number of nitrogens with one attached hydrogen (secondary N) is 1. The molecule has 19 heavy (non-hydrogen) atoms. The Hall–Kier alpha value is -0.970. The van der Waals surface area contributed by atoms with E-state index in [2.05, 4.69) is 28.2 Å². The van der Waals surface area contributed by atoms with Gasteiger partial charge in [0.25, 0.3) is 0 Å². The van der Waals surface area contributed by atoms with E-state index in [1.54, 1.807) is 7.11 Å². The highest BCUT2D eigenvalue weighted by Gasteiger charge is 2.18. The number of furan rings is 1. The van der Waals surface area contributed by atoms with Crippen molar-refractivity contribution in [3.63, 3.8) is 0 Å². The van der Waals surface area contributed by atoms with Crippen LogP contribution in [0.1, 0.15) is 24.3 Å². The molecule has 1 atom stereocenters. The molecule has 5 heteroatoms. The van der Waals surface area contributed by atoms with Crippen LogP contribution in [0, 0.1) is 0 Å². The minimum Gasteiger partial charge on any atom is -0.495 e. The van der Waals surface area contributed by atoms with Crippen LogP contribution in [0.15, 0.2) is 39.4 Å². The van der Waals surface area contributed by atoms with Gasteiger partial charge in [0.15, 0.2) is 4.67 Å². The van der Waals surface area contributed by atoms with E-state index < -0.39 is 0 Å². The van der Waals surface area contributed by atoms with Crippen molar-refractivity contribution in [3.8, 4) is 5.75 Å². The molecule has 1 aromatic carbocycles. The van der Waals surface area contributed by atoms with Gasteiger partial charge in [0.1, 0.15) is 11.5 Å². The van der Waals surface area contributed by atoms with Gasteiger partial charge in [0, 0.05) is 0 Å². The summed E-state index contributed by atoms with van der Waals surface area (Å²) < 4.78 is 11.6. The molecule has 0 fully saturated rings. The maximum Gasteiger partial charge on any atom is 0.169 e. The third kappa shape index (κ3) is 3.32. The summed E-state index contributed by atoms with van der Waals surface area (Å²) in [5.74, 6) is 1.51. The lowest BCUT2D eigenvalue weighted by molar-refractivity contribution is 0.411. The second-order valence-corrected chi connectivity index (χ2v) is 5.22. The van der Waals surface area contributed by atoms with E-state index in [1.807, 2.05) is 30.3 Å². The third-order valence-electron chi connectivity index (χ3n) is 2.80. The van der Waals surface area contributed by atoms with Crippen molar-refractivity contribution < 1.29 is 9.15 Å². The lowest BCUT2D eigenvalue weighted by Gasteiger charge is -2.17. The first kappa shape index (κ1) is 14.4. The number of benzene rings is 1. The van der Waals surface area contributed by atoms with E-state index >= 15 is 0 Å². The molecule has 0 aliphatic heterocycles. The van der Waals surface area contributed by atoms with E-state index in [0.29, 0.717) is 15.4 Å². The number of hydrogen-bond acceptors (Lipinski definition) is 3. The molecule has 102 valence electrons. The Kier molecular flexibility index (Phi) is 4.91. The van der Waals surface area contributed by atoms with Crippen LogP contribution in [0.3, 0.4) is 0 Å². The Morgan fingerprint density at radius 3 is 2.74 bits per heavy atom. The van der Waals surface area contributed by atoms with Crippen LogP contribution >= 0.6 is 27.5 Å². The summed E-state index contributed by atoms with van der Waals surface area (Å²) in [6.45, 7) is 2.88. The molecule has 0 spiro atoms. The summed E-state index contributed by atoms with van der Waals surface area (Å²) >= 11 is 9.38. The fraction of sp³-hybridized carbons (Fsp3) is 0.286. The van der Waals surface area contributed by atoms with Gasteiger partial charge in [0.05, 0.1) is 18.2 Å². The molecule has 0 amide bonds. The highest BCUT2D eigenvalue weighted by atomic mass is 79.9. The highest BCUT2D eigenvalue weighted by Crippen LogP contribution is 2.31. The number of halogens is 2. The Morgan fingerprint density at radius 2 is 2.16 bits per heavy atom. The Bertz CT molecular complexity index is 556. The summed E-state index contributed by atoms with van der Waals surface area (Å²) in [4.78, 5) is 0. The quantitative estimate of drug-likeness (QED) is 0.873. The van der Waals surface area contributed by atoms with Gasteiger partial charge in [-0.3, -0.25) is 0 Å². The van der Waals surface area contributed by atoms with Crippen molar-refractivity contribution in [2.45, 2.75) is 13.0 Å². The van der Waals surface area contributed by atoms with Gasteiger partial charge < -0.3 is 14.5 Å². The van der Waals surface area contributed by atoms with Crippen LogP contribution in [0.5, 0.6) is 5.75 Å². The zero-order valence-corrected chi connectivity index (χ0v) is 13.1. The van der Waals surface area contributed by atoms with E-state index in [-0.39, 0.29) is 6.04 Å². The van der Waals surface area contributed by atoms with Crippen LogP contribution in [0.4, 0.5) is 0 Å². The molecule has 0 saturated heterocycles. The fourth-order valence-corrected chi connectivity index (χ4v) is 2.44. The van der Waals surface area contributed by atoms with Gasteiger partial charge in [-0.25, -0.2) is 0 Å². The molecule has 0 radical (unpaired) electrons. The van der Waals surface area contributed by atoms with Crippen LogP contribution in [-0.2, 0) is 0 Å². The monoisotopic (exact) mass is 343 g/mol. The standard InChI is InChI=1S/C14H15BrClNO2/c1-3-17-14(11-6-7-13(15)19-11)9-4-5-10(16)12(8-9)18-2/h4-8,14,17H,3H2,1-2H3. The topological polar surface area (TPSA) is 34.4 Å². The first-order valence-electron chi connectivity index (χ1n) is 5.97. The molecular weight excluding hydrogens is 330 g/mol. The van der Waals surface area contributed by atoms with Gasteiger partial charge >= 0.3 is 0 Å². The van der Waals surface area contributed by atoms with Crippen molar-refractivity contribution in [1.82, 2.24) is 5.32 Å². The summed E-state index contributed by atoms with van der Waals surface area (Å²) in [5, 5.41) is 3.99. The Labute approximate surface area is 126 Å². The molecule has 3 nitrogen and oxygen atoms in total. The molecule has 2 aromatic rings. The SMILES string of the molecule is CCNC(c1ccc(Cl)c(OC)c1)c1ccc(Br)o1. The molecule has 1 unspecified atom stereocenters. The number of ether oxygens (including phenoxy) is 1. The van der Waals surface area contributed by atoms with Crippen molar-refractivity contribution in [2.75, 3.05) is 13.7 Å². The van der Waals surface area contributed by atoms with Crippen LogP contribution in [0.25, 0.3) is 0 Å². The van der Waals surface area contributed by atoms with Crippen LogP contribution in [-0.4, -0.2) is 13.7 Å². The molecular formula is C14H15BrClNO2. The molecule has 0 aliphatic rings. The smallest absolute Gasteiger partial charge is 0.169 e. The van der Waals surface area contributed by atoms with E-state index in [1.165, 1.54) is 0 Å². The normalized spacial score (nSPS) is 12.4. The summed E-state index contributed by atoms with van der Waals surface area (Å²) in [6.07, 6.45) is 0. The fourth-order valence-electron chi connectivity index (χ4n) is 1.93. The molecule has 1 N–H and O–H groups in total. The minimum absolute atomic E-state index is 0.0255. The predicted molar refractivity (Wildman–Crippen MR) is 79.9 cm³/mol. The van der Waals surface area contributed by atoms with E-state index in [4.69, 9.17) is 20.8 Å². The number of methoxy groups -OCH3 is 1. The zero-order valence-electron chi connectivity index (χ0n) is 10.7. The maximum atomic E-state index is 6.05. The maximum absolute atomic E-state index is 6.05. The molecule has 1 heterocycles. The van der Waals surface area contributed by atoms with Crippen molar-refractivity contribution in [3.05, 3.63) is 51.3 Å². The van der Waals surface area contributed by atoms with Gasteiger partial charge in [-0.15, -0.1) is 0 Å². The average molecular weight is 345 g/mol. The number of rotatable bonds is 5. The molecule has 0 bridgehead atoms. The Balaban J connectivity index is 2.38. The first-order valence-corrected chi connectivity index (χ1v) is 7.14. The van der Waals surface area contributed by atoms with Crippen molar-refractivity contribution >= 4 is 27.5 Å². The lowest BCUT2D eigenvalue weighted by Crippen LogP contribution is -2.21. The summed E-state index contributed by atoms with van der Waals surface area (Å²) in [7, 11) is 1.61. The Morgan fingerprint density at radius 1 is 1.37 bits per heavy atom. The summed E-state index contributed by atoms with van der Waals surface area (Å²) in [5.41, 5.74) is 1.05. The summed E-state index contributed by atoms with van der Waals surface area (Å²) in [6, 6.07) is 9.52. The van der Waals surface area contributed by atoms with Gasteiger partial charge in [0.2, 0.25) is 0 Å². The van der Waals surface area contributed by atoms with Crippen molar-refractivity contribution in [1.29, 1.82) is 0 Å². The molecule has 2 rings (SSSR count). The predicted octanol–water partition coefficient (Wildman–Crippen LogP) is 4.40.